The molecular formula is C6H9NO7. The second-order valence-electron chi connectivity index (χ2n) is 2.59. The van der Waals surface area contributed by atoms with Crippen LogP contribution in [0.2, 0.25) is 0 Å². The lowest BCUT2D eigenvalue weighted by Crippen LogP contribution is -2.52. The number of ether oxygens (including phenoxy) is 2. The van der Waals surface area contributed by atoms with E-state index in [4.69, 9.17) is 15.3 Å². The second-order valence-corrected chi connectivity index (χ2v) is 2.59. The van der Waals surface area contributed by atoms with Gasteiger partial charge in [0.2, 0.25) is 0 Å². The minimum atomic E-state index is -3.28. The van der Waals surface area contributed by atoms with Crippen molar-refractivity contribution in [3.63, 3.8) is 0 Å². The van der Waals surface area contributed by atoms with Crippen molar-refractivity contribution in [1.29, 1.82) is 0 Å². The molecule has 0 spiro atoms. The molecule has 8 heteroatoms. The smallest absolute Gasteiger partial charge is 0.348 e. The highest BCUT2D eigenvalue weighted by molar-refractivity contribution is 5.79. The molecular weight excluding hydrogens is 198 g/mol. The predicted molar refractivity (Wildman–Crippen MR) is 37.7 cm³/mol. The van der Waals surface area contributed by atoms with E-state index in [0.29, 0.717) is 0 Å². The third kappa shape index (κ3) is 3.66. The molecule has 0 atom stereocenters. The van der Waals surface area contributed by atoms with E-state index in [0.717, 1.165) is 0 Å². The minimum Gasteiger partial charge on any atom is -0.411 e. The van der Waals surface area contributed by atoms with Crippen LogP contribution in [-0.4, -0.2) is 39.8 Å². The van der Waals surface area contributed by atoms with Crippen LogP contribution in [0.3, 0.4) is 0 Å². The van der Waals surface area contributed by atoms with Gasteiger partial charge in [-0.25, -0.2) is 0 Å². The zero-order valence-electron chi connectivity index (χ0n) is 6.97. The highest BCUT2D eigenvalue weighted by Crippen LogP contribution is 2.08. The number of carbonyl (C=O) groups is 2. The monoisotopic (exact) mass is 207 g/mol. The average molecular weight is 207 g/mol. The third-order valence-electron chi connectivity index (χ3n) is 1.32. The van der Waals surface area contributed by atoms with Gasteiger partial charge >= 0.3 is 24.4 Å². The molecule has 1 heterocycles. The minimum absolute atomic E-state index is 0.160. The fraction of sp³-hybridized carbons (Fsp3) is 0.667. The van der Waals surface area contributed by atoms with Crippen molar-refractivity contribution >= 4 is 11.9 Å². The van der Waals surface area contributed by atoms with E-state index >= 15 is 0 Å². The Morgan fingerprint density at radius 3 is 1.93 bits per heavy atom. The maximum absolute atomic E-state index is 10.8. The van der Waals surface area contributed by atoms with E-state index in [9.17, 15) is 9.59 Å². The first kappa shape index (κ1) is 10.9. The number of nitrogens with one attached hydrogen (secondary N) is 1. The predicted octanol–water partition coefficient (Wildman–Crippen LogP) is -2.67. The zero-order valence-corrected chi connectivity index (χ0v) is 6.97. The third-order valence-corrected chi connectivity index (χ3v) is 1.32. The van der Waals surface area contributed by atoms with Crippen molar-refractivity contribution in [1.82, 2.24) is 5.32 Å². The lowest BCUT2D eigenvalue weighted by Gasteiger charge is -2.21. The molecule has 0 bridgehead atoms. The molecule has 0 radical (unpaired) electrons. The molecule has 1 aliphatic rings. The van der Waals surface area contributed by atoms with Crippen molar-refractivity contribution in [2.24, 2.45) is 0 Å². The number of hydrogen-bond donors (Lipinski definition) is 4. The summed E-state index contributed by atoms with van der Waals surface area (Å²) in [4.78, 5) is 21.6. The van der Waals surface area contributed by atoms with Gasteiger partial charge in [-0.1, -0.05) is 0 Å². The number of carbonyl (C=O) groups excluding carboxylic acids is 2. The number of aliphatic hydroxyl groups is 3. The number of rotatable bonds is 2. The van der Waals surface area contributed by atoms with Crippen molar-refractivity contribution in [3.05, 3.63) is 0 Å². The van der Waals surface area contributed by atoms with E-state index in [1.54, 1.807) is 0 Å². The van der Waals surface area contributed by atoms with Crippen LogP contribution in [0.15, 0.2) is 0 Å². The van der Waals surface area contributed by atoms with Gasteiger partial charge in [0.25, 0.3) is 0 Å². The fourth-order valence-corrected chi connectivity index (χ4v) is 0.802. The van der Waals surface area contributed by atoms with Gasteiger partial charge in [0.15, 0.2) is 0 Å². The summed E-state index contributed by atoms with van der Waals surface area (Å²) in [6, 6.07) is 0. The van der Waals surface area contributed by atoms with Crippen molar-refractivity contribution in [2.75, 3.05) is 0 Å². The van der Waals surface area contributed by atoms with Crippen LogP contribution >= 0.6 is 0 Å². The summed E-state index contributed by atoms with van der Waals surface area (Å²) in [7, 11) is 0. The standard InChI is InChI=1S/C6H9NO7/c8-3-1-2-4(9)14-5(13-3)7-6(10,11)12/h5,7,10-12H,1-2H2. The Hall–Kier alpha value is -1.22. The summed E-state index contributed by atoms with van der Waals surface area (Å²) < 4.78 is 8.77. The zero-order chi connectivity index (χ0) is 10.8. The SMILES string of the molecule is O=C1CCC(=O)OC(NC(O)(O)O)O1. The Morgan fingerprint density at radius 1 is 1.14 bits per heavy atom. The largest absolute Gasteiger partial charge is 0.411 e. The number of esters is 2. The summed E-state index contributed by atoms with van der Waals surface area (Å²) in [6.07, 6.45) is -5.31. The molecule has 1 fully saturated rings. The summed E-state index contributed by atoms with van der Waals surface area (Å²) in [6.45, 7) is 0. The molecule has 14 heavy (non-hydrogen) atoms. The number of hydrogen-bond acceptors (Lipinski definition) is 8. The maximum Gasteiger partial charge on any atom is 0.348 e. The summed E-state index contributed by atoms with van der Waals surface area (Å²) in [5.41, 5.74) is 0. The average Bonchev–Trinajstić information content (AvgIpc) is 2.09. The maximum atomic E-state index is 10.8. The Kier molecular flexibility index (Phi) is 3.01. The van der Waals surface area contributed by atoms with Crippen molar-refractivity contribution < 1.29 is 34.4 Å². The van der Waals surface area contributed by atoms with Gasteiger partial charge in [0, 0.05) is 0 Å². The van der Waals surface area contributed by atoms with E-state index in [1.165, 1.54) is 5.32 Å². The summed E-state index contributed by atoms with van der Waals surface area (Å²) >= 11 is 0. The molecule has 0 aromatic carbocycles. The second kappa shape index (κ2) is 3.88. The van der Waals surface area contributed by atoms with Gasteiger partial charge < -0.3 is 24.8 Å². The Bertz CT molecular complexity index is 227. The van der Waals surface area contributed by atoms with Crippen molar-refractivity contribution in [2.45, 2.75) is 25.4 Å². The van der Waals surface area contributed by atoms with Crippen LogP contribution in [-0.2, 0) is 19.1 Å². The normalized spacial score (nSPS) is 19.9. The topological polar surface area (TPSA) is 125 Å². The molecule has 1 rings (SSSR count). The van der Waals surface area contributed by atoms with Gasteiger partial charge in [-0.3, -0.25) is 9.59 Å². The molecule has 0 saturated carbocycles. The Labute approximate surface area is 78.0 Å². The molecule has 0 aromatic rings. The fourth-order valence-electron chi connectivity index (χ4n) is 0.802. The first-order valence-electron chi connectivity index (χ1n) is 3.70. The molecule has 80 valence electrons. The lowest BCUT2D eigenvalue weighted by atomic mass is 10.3. The molecule has 1 aliphatic heterocycles. The first-order valence-corrected chi connectivity index (χ1v) is 3.70. The first-order chi connectivity index (χ1) is 6.37. The Balaban J connectivity index is 2.58. The van der Waals surface area contributed by atoms with Gasteiger partial charge in [0.1, 0.15) is 0 Å². The van der Waals surface area contributed by atoms with Gasteiger partial charge in [0.05, 0.1) is 12.8 Å². The van der Waals surface area contributed by atoms with E-state index in [-0.39, 0.29) is 12.8 Å². The van der Waals surface area contributed by atoms with Crippen LogP contribution < -0.4 is 5.32 Å². The van der Waals surface area contributed by atoms with Crippen molar-refractivity contribution in [3.8, 4) is 0 Å². The van der Waals surface area contributed by atoms with Gasteiger partial charge in [-0.05, 0) is 0 Å². The summed E-state index contributed by atoms with van der Waals surface area (Å²) in [5.74, 6) is -1.50. The molecule has 0 amide bonds. The molecule has 1 saturated heterocycles. The van der Waals surface area contributed by atoms with Gasteiger partial charge in [-0.15, -0.1) is 0 Å². The lowest BCUT2D eigenvalue weighted by molar-refractivity contribution is -0.356. The molecule has 0 aromatic heterocycles. The number of cyclic esters (lactones) is 2. The highest BCUT2D eigenvalue weighted by atomic mass is 16.8. The molecule has 4 N–H and O–H groups in total. The summed E-state index contributed by atoms with van der Waals surface area (Å²) in [5, 5.41) is 26.9. The molecule has 0 aliphatic carbocycles. The van der Waals surface area contributed by atoms with Crippen LogP contribution in [0.25, 0.3) is 0 Å². The van der Waals surface area contributed by atoms with Crippen LogP contribution in [0.4, 0.5) is 0 Å². The van der Waals surface area contributed by atoms with Gasteiger partial charge in [-0.2, -0.15) is 5.32 Å². The quantitative estimate of drug-likeness (QED) is 0.285. The van der Waals surface area contributed by atoms with Crippen LogP contribution in [0.1, 0.15) is 12.8 Å². The van der Waals surface area contributed by atoms with Crippen LogP contribution in [0.5, 0.6) is 0 Å². The van der Waals surface area contributed by atoms with E-state index in [1.807, 2.05) is 0 Å². The van der Waals surface area contributed by atoms with E-state index < -0.39 is 24.4 Å². The molecule has 0 unspecified atom stereocenters. The molecule has 8 nitrogen and oxygen atoms in total. The van der Waals surface area contributed by atoms with Crippen LogP contribution in [0, 0.1) is 0 Å². The van der Waals surface area contributed by atoms with E-state index in [2.05, 4.69) is 9.47 Å². The highest BCUT2D eigenvalue weighted by Gasteiger charge is 2.31. The Morgan fingerprint density at radius 2 is 1.57 bits per heavy atom.